The van der Waals surface area contributed by atoms with Crippen molar-refractivity contribution in [1.29, 1.82) is 0 Å². The summed E-state index contributed by atoms with van der Waals surface area (Å²) in [6.45, 7) is 8.81. The number of nitrogens with zero attached hydrogens (tertiary/aromatic N) is 3. The molecule has 2 aliphatic carbocycles. The van der Waals surface area contributed by atoms with Crippen molar-refractivity contribution < 1.29 is 37.2 Å². The molecule has 13 nitrogen and oxygen atoms in total. The topological polar surface area (TPSA) is 190 Å². The summed E-state index contributed by atoms with van der Waals surface area (Å²) < 4.78 is 29.1. The lowest BCUT2D eigenvalue weighted by Gasteiger charge is -2.34. The summed E-state index contributed by atoms with van der Waals surface area (Å²) in [5.41, 5.74) is 0.199. The monoisotopic (exact) mass is 805 g/mol. The van der Waals surface area contributed by atoms with Crippen molar-refractivity contribution in [3.63, 3.8) is 0 Å². The van der Waals surface area contributed by atoms with Crippen molar-refractivity contribution in [3.05, 3.63) is 54.1 Å². The summed E-state index contributed by atoms with van der Waals surface area (Å²) in [5, 5.41) is 5.89. The fourth-order valence-electron chi connectivity index (χ4n) is 8.24. The molecule has 1 saturated heterocycles. The largest absolute Gasteiger partial charge is 0.351 e. The van der Waals surface area contributed by atoms with E-state index in [1.54, 1.807) is 12.1 Å². The Balaban J connectivity index is 1.39. The smallest absolute Gasteiger partial charge is 0.272 e. The Morgan fingerprint density at radius 3 is 2.19 bits per heavy atom. The van der Waals surface area contributed by atoms with E-state index in [-0.39, 0.29) is 60.6 Å². The minimum Gasteiger partial charge on any atom is -0.351 e. The van der Waals surface area contributed by atoms with Crippen LogP contribution in [0.2, 0.25) is 0 Å². The van der Waals surface area contributed by atoms with Gasteiger partial charge < -0.3 is 10.6 Å². The summed E-state index contributed by atoms with van der Waals surface area (Å²) >= 11 is 0. The van der Waals surface area contributed by atoms with Crippen molar-refractivity contribution in [3.8, 4) is 0 Å². The van der Waals surface area contributed by atoms with E-state index in [9.17, 15) is 37.2 Å². The SMILES string of the molecule is CCCC(CC(=O)[C@@H]1CN(S(=O)(=O)c2ccc(C)cc2)C[C@@H]1NC(=O)[C@@H](CC(=O)[C@@H](NC(=O)c1cnccn1)C1CCCCC1)C(C)(C)C)C(=O)C(=O)CC1CC1. The van der Waals surface area contributed by atoms with Gasteiger partial charge in [-0.1, -0.05) is 71.1 Å². The molecule has 2 saturated carbocycles. The lowest BCUT2D eigenvalue weighted by molar-refractivity contribution is -0.140. The van der Waals surface area contributed by atoms with Crippen LogP contribution in [-0.4, -0.2) is 82.8 Å². The number of Topliss-reactive ketones (excluding diaryl/α,β-unsaturated/α-hetero) is 4. The van der Waals surface area contributed by atoms with Crippen molar-refractivity contribution in [2.24, 2.45) is 35.0 Å². The van der Waals surface area contributed by atoms with E-state index in [0.29, 0.717) is 12.8 Å². The van der Waals surface area contributed by atoms with E-state index in [2.05, 4.69) is 20.6 Å². The highest BCUT2D eigenvalue weighted by atomic mass is 32.2. The molecular formula is C43H59N5O8S. The molecule has 5 atom stereocenters. The third-order valence-corrected chi connectivity index (χ3v) is 13.8. The van der Waals surface area contributed by atoms with Crippen LogP contribution < -0.4 is 10.6 Å². The van der Waals surface area contributed by atoms with Crippen LogP contribution >= 0.6 is 0 Å². The molecule has 2 heterocycles. The van der Waals surface area contributed by atoms with E-state index in [1.165, 1.54) is 35.0 Å². The maximum Gasteiger partial charge on any atom is 0.272 e. The summed E-state index contributed by atoms with van der Waals surface area (Å²) in [6, 6.07) is 4.56. The van der Waals surface area contributed by atoms with Gasteiger partial charge in [-0.3, -0.25) is 33.8 Å². The number of rotatable bonds is 19. The average Bonchev–Trinajstić information content (AvgIpc) is 3.90. The summed E-state index contributed by atoms with van der Waals surface area (Å²) in [6.07, 6.45) is 11.0. The number of carbonyl (C=O) groups excluding carboxylic acids is 6. The van der Waals surface area contributed by atoms with Gasteiger partial charge in [0.1, 0.15) is 11.5 Å². The van der Waals surface area contributed by atoms with Gasteiger partial charge >= 0.3 is 0 Å². The van der Waals surface area contributed by atoms with E-state index >= 15 is 0 Å². The zero-order valence-corrected chi connectivity index (χ0v) is 34.8. The fraction of sp³-hybridized carbons (Fsp3) is 0.628. The number of aromatic nitrogens is 2. The second-order valence-corrected chi connectivity index (χ2v) is 19.4. The number of hydrogen-bond acceptors (Lipinski definition) is 10. The number of benzene rings is 1. The van der Waals surface area contributed by atoms with Crippen molar-refractivity contribution >= 4 is 45.0 Å². The highest BCUT2D eigenvalue weighted by Gasteiger charge is 2.46. The van der Waals surface area contributed by atoms with Crippen molar-refractivity contribution in [2.75, 3.05) is 13.1 Å². The number of ketones is 4. The number of carbonyl (C=O) groups is 6. The van der Waals surface area contributed by atoms with E-state index < -0.39 is 74.4 Å². The lowest BCUT2D eigenvalue weighted by Crippen LogP contribution is -2.51. The number of aryl methyl sites for hydroxylation is 1. The Morgan fingerprint density at radius 2 is 1.60 bits per heavy atom. The first-order chi connectivity index (χ1) is 27.0. The number of hydrogen-bond donors (Lipinski definition) is 2. The van der Waals surface area contributed by atoms with Crippen molar-refractivity contribution in [2.45, 2.75) is 129 Å². The molecule has 0 bridgehead atoms. The third-order valence-electron chi connectivity index (χ3n) is 11.9. The highest BCUT2D eigenvalue weighted by molar-refractivity contribution is 7.89. The standard InChI is InChI=1S/C43H59N5O8S/c1-6-10-30(40(52)38(51)21-28-15-16-28)22-36(49)32-25-48(57(55,56)31-17-13-27(2)14-18-31)26-35(32)46-41(53)33(43(3,4)5)23-37(50)39(29-11-8-7-9-12-29)47-42(54)34-24-44-19-20-45-34/h13-14,17-20,24,28-30,32-33,35,39H,6-12,15-16,21-23,25-26H2,1-5H3,(H,46,53)(H,47,54)/t30?,32-,33-,35+,39+/m1/s1. The molecule has 1 unspecified atom stereocenters. The maximum absolute atomic E-state index is 14.4. The van der Waals surface area contributed by atoms with Gasteiger partial charge in [-0.2, -0.15) is 4.31 Å². The molecule has 1 aromatic heterocycles. The molecule has 2 amide bonds. The molecule has 310 valence electrons. The van der Waals surface area contributed by atoms with Gasteiger partial charge in [0.25, 0.3) is 5.91 Å². The van der Waals surface area contributed by atoms with E-state index in [0.717, 1.165) is 50.5 Å². The Hall–Kier alpha value is -4.17. The van der Waals surface area contributed by atoms with Gasteiger partial charge in [0, 0.05) is 56.6 Å². The molecule has 0 spiro atoms. The molecular weight excluding hydrogens is 747 g/mol. The molecule has 57 heavy (non-hydrogen) atoms. The molecule has 1 aliphatic heterocycles. The predicted octanol–water partition coefficient (Wildman–Crippen LogP) is 5.20. The molecule has 2 aromatic rings. The molecule has 14 heteroatoms. The maximum atomic E-state index is 14.4. The van der Waals surface area contributed by atoms with Crippen LogP contribution in [0.4, 0.5) is 0 Å². The number of nitrogens with one attached hydrogen (secondary N) is 2. The third kappa shape index (κ3) is 11.5. The molecule has 3 aliphatic rings. The zero-order chi connectivity index (χ0) is 41.5. The van der Waals surface area contributed by atoms with Crippen LogP contribution in [0.3, 0.4) is 0 Å². The Labute approximate surface area is 337 Å². The first-order valence-electron chi connectivity index (χ1n) is 20.6. The van der Waals surface area contributed by atoms with Crippen LogP contribution in [0.1, 0.15) is 121 Å². The molecule has 2 N–H and O–H groups in total. The van der Waals surface area contributed by atoms with Crippen LogP contribution in [-0.2, 0) is 34.0 Å². The molecule has 3 fully saturated rings. The molecule has 1 aromatic carbocycles. The average molecular weight is 806 g/mol. The van der Waals surface area contributed by atoms with Gasteiger partial charge in [0.05, 0.1) is 29.1 Å². The first kappa shape index (κ1) is 43.9. The highest BCUT2D eigenvalue weighted by Crippen LogP contribution is 2.36. The number of amides is 2. The van der Waals surface area contributed by atoms with Crippen molar-refractivity contribution in [1.82, 2.24) is 24.9 Å². The van der Waals surface area contributed by atoms with Crippen LogP contribution in [0.5, 0.6) is 0 Å². The van der Waals surface area contributed by atoms with Gasteiger partial charge in [-0.05, 0) is 68.4 Å². The quantitative estimate of drug-likeness (QED) is 0.179. The van der Waals surface area contributed by atoms with Gasteiger partial charge in [-0.15, -0.1) is 0 Å². The predicted molar refractivity (Wildman–Crippen MR) is 213 cm³/mol. The van der Waals surface area contributed by atoms with Gasteiger partial charge in [0.2, 0.25) is 21.7 Å². The van der Waals surface area contributed by atoms with Crippen LogP contribution in [0, 0.1) is 41.9 Å². The minimum atomic E-state index is -4.09. The number of sulfonamides is 1. The minimum absolute atomic E-state index is 0.0476. The normalized spacial score (nSPS) is 20.9. The van der Waals surface area contributed by atoms with Crippen LogP contribution in [0.25, 0.3) is 0 Å². The summed E-state index contributed by atoms with van der Waals surface area (Å²) in [4.78, 5) is 90.5. The van der Waals surface area contributed by atoms with E-state index in [1.807, 2.05) is 34.6 Å². The Bertz CT molecular complexity index is 1890. The second-order valence-electron chi connectivity index (χ2n) is 17.5. The Kier molecular flexibility index (Phi) is 14.7. The second kappa shape index (κ2) is 19.1. The summed E-state index contributed by atoms with van der Waals surface area (Å²) in [5.74, 6) is -5.43. The molecule has 5 rings (SSSR count). The fourth-order valence-corrected chi connectivity index (χ4v) is 9.73. The summed E-state index contributed by atoms with van der Waals surface area (Å²) in [7, 11) is -4.09. The first-order valence-corrected chi connectivity index (χ1v) is 22.0. The Morgan fingerprint density at radius 1 is 0.912 bits per heavy atom. The van der Waals surface area contributed by atoms with Gasteiger partial charge in [-0.25, -0.2) is 13.4 Å². The van der Waals surface area contributed by atoms with Crippen LogP contribution in [0.15, 0.2) is 47.8 Å². The lowest BCUT2D eigenvalue weighted by atomic mass is 9.74. The molecule has 0 radical (unpaired) electrons. The van der Waals surface area contributed by atoms with E-state index in [4.69, 9.17) is 0 Å². The zero-order valence-electron chi connectivity index (χ0n) is 34.0. The van der Waals surface area contributed by atoms with Gasteiger partial charge in [0.15, 0.2) is 11.6 Å².